The van der Waals surface area contributed by atoms with Crippen molar-refractivity contribution in [1.29, 1.82) is 0 Å². The number of rotatable bonds is 4. The molecule has 0 spiro atoms. The van der Waals surface area contributed by atoms with E-state index in [0.29, 0.717) is 29.6 Å². The summed E-state index contributed by atoms with van der Waals surface area (Å²) in [6.07, 6.45) is 6.89. The maximum Gasteiger partial charge on any atom is 0.273 e. The number of halogens is 1. The zero-order valence-electron chi connectivity index (χ0n) is 15.8. The van der Waals surface area contributed by atoms with Gasteiger partial charge in [0.25, 0.3) is 5.91 Å². The zero-order chi connectivity index (χ0) is 19.5. The van der Waals surface area contributed by atoms with Gasteiger partial charge in [-0.3, -0.25) is 9.78 Å². The molecule has 4 rings (SSSR count). The molecule has 0 aliphatic carbocycles. The van der Waals surface area contributed by atoms with E-state index in [-0.39, 0.29) is 11.9 Å². The van der Waals surface area contributed by atoms with Crippen LogP contribution in [0, 0.1) is 6.92 Å². The van der Waals surface area contributed by atoms with Crippen molar-refractivity contribution in [2.75, 3.05) is 6.54 Å². The minimum atomic E-state index is -0.157. The lowest BCUT2D eigenvalue weighted by atomic mass is 10.0. The number of piperidine rings is 1. The van der Waals surface area contributed by atoms with Crippen molar-refractivity contribution >= 4 is 17.5 Å². The zero-order valence-corrected chi connectivity index (χ0v) is 16.5. The Labute approximate surface area is 169 Å². The minimum absolute atomic E-state index is 0.0580. The van der Waals surface area contributed by atoms with Gasteiger partial charge in [-0.2, -0.15) is 0 Å². The van der Waals surface area contributed by atoms with Crippen LogP contribution >= 0.6 is 11.6 Å². The van der Waals surface area contributed by atoms with Gasteiger partial charge in [-0.05, 0) is 55.5 Å². The summed E-state index contributed by atoms with van der Waals surface area (Å²) in [5.74, 6) is 1.31. The minimum Gasteiger partial charge on any atom is -0.443 e. The standard InChI is InChI=1S/C22H22ClN3O2/c1-15-6-5-10-24-20(15)22(27)26-11-3-2-9-19(26)21-25-14-18(28-21)13-16-7-4-8-17(23)12-16/h4-8,10,12,14,19H,2-3,9,11,13H2,1H3. The molecule has 1 atom stereocenters. The molecule has 1 aliphatic rings. The highest BCUT2D eigenvalue weighted by Crippen LogP contribution is 2.32. The summed E-state index contributed by atoms with van der Waals surface area (Å²) in [7, 11) is 0. The first-order valence-electron chi connectivity index (χ1n) is 9.53. The third-order valence-electron chi connectivity index (χ3n) is 5.10. The molecule has 2 aromatic heterocycles. The second-order valence-electron chi connectivity index (χ2n) is 7.15. The number of oxazole rings is 1. The van der Waals surface area contributed by atoms with Crippen molar-refractivity contribution in [2.45, 2.75) is 38.6 Å². The lowest BCUT2D eigenvalue weighted by Gasteiger charge is -2.33. The van der Waals surface area contributed by atoms with Crippen molar-refractivity contribution in [3.8, 4) is 0 Å². The average molecular weight is 396 g/mol. The maximum absolute atomic E-state index is 13.1. The predicted octanol–water partition coefficient (Wildman–Crippen LogP) is 4.99. The first-order valence-corrected chi connectivity index (χ1v) is 9.91. The van der Waals surface area contributed by atoms with Crippen LogP contribution < -0.4 is 0 Å². The largest absolute Gasteiger partial charge is 0.443 e. The van der Waals surface area contributed by atoms with Gasteiger partial charge in [-0.1, -0.05) is 29.8 Å². The number of carbonyl (C=O) groups excluding carboxylic acids is 1. The van der Waals surface area contributed by atoms with E-state index in [4.69, 9.17) is 16.0 Å². The number of carbonyl (C=O) groups is 1. The van der Waals surface area contributed by atoms with Gasteiger partial charge in [0.05, 0.1) is 6.20 Å². The van der Waals surface area contributed by atoms with Crippen LogP contribution in [0.4, 0.5) is 0 Å². The van der Waals surface area contributed by atoms with Gasteiger partial charge < -0.3 is 9.32 Å². The monoisotopic (exact) mass is 395 g/mol. The smallest absolute Gasteiger partial charge is 0.273 e. The molecule has 6 heteroatoms. The van der Waals surface area contributed by atoms with Crippen LogP contribution in [-0.2, 0) is 6.42 Å². The number of nitrogens with zero attached hydrogens (tertiary/aromatic N) is 3. The molecule has 0 bridgehead atoms. The van der Waals surface area contributed by atoms with E-state index in [1.807, 2.05) is 48.2 Å². The van der Waals surface area contributed by atoms with Gasteiger partial charge >= 0.3 is 0 Å². The van der Waals surface area contributed by atoms with Crippen LogP contribution in [0.1, 0.15) is 58.6 Å². The normalized spacial score (nSPS) is 16.9. The molecule has 28 heavy (non-hydrogen) atoms. The number of likely N-dealkylation sites (tertiary alicyclic amines) is 1. The molecule has 1 fully saturated rings. The third-order valence-corrected chi connectivity index (χ3v) is 5.33. The predicted molar refractivity (Wildman–Crippen MR) is 107 cm³/mol. The second-order valence-corrected chi connectivity index (χ2v) is 7.59. The van der Waals surface area contributed by atoms with Crippen molar-refractivity contribution in [3.63, 3.8) is 0 Å². The Balaban J connectivity index is 1.56. The molecule has 3 aromatic rings. The highest BCUT2D eigenvalue weighted by molar-refractivity contribution is 6.30. The van der Waals surface area contributed by atoms with Gasteiger partial charge in [0.1, 0.15) is 17.5 Å². The van der Waals surface area contributed by atoms with E-state index in [0.717, 1.165) is 36.1 Å². The Morgan fingerprint density at radius 2 is 2.14 bits per heavy atom. The number of hydrogen-bond acceptors (Lipinski definition) is 4. The molecule has 1 aromatic carbocycles. The van der Waals surface area contributed by atoms with E-state index < -0.39 is 0 Å². The summed E-state index contributed by atoms with van der Waals surface area (Å²) in [5.41, 5.74) is 2.45. The molecule has 1 aliphatic heterocycles. The molecule has 3 heterocycles. The van der Waals surface area contributed by atoms with Gasteiger partial charge in [0, 0.05) is 24.2 Å². The Morgan fingerprint density at radius 1 is 1.25 bits per heavy atom. The van der Waals surface area contributed by atoms with Crippen LogP contribution in [0.3, 0.4) is 0 Å². The average Bonchev–Trinajstić information content (AvgIpc) is 3.16. The molecule has 1 amide bonds. The topological polar surface area (TPSA) is 59.2 Å². The Morgan fingerprint density at radius 3 is 2.96 bits per heavy atom. The van der Waals surface area contributed by atoms with Crippen molar-refractivity contribution in [1.82, 2.24) is 14.9 Å². The maximum atomic E-state index is 13.1. The fraction of sp³-hybridized carbons (Fsp3) is 0.318. The SMILES string of the molecule is Cc1cccnc1C(=O)N1CCCCC1c1ncc(Cc2cccc(Cl)c2)o1. The first kappa shape index (κ1) is 18.7. The Kier molecular flexibility index (Phi) is 5.44. The van der Waals surface area contributed by atoms with E-state index in [1.165, 1.54) is 0 Å². The number of amides is 1. The molecule has 144 valence electrons. The van der Waals surface area contributed by atoms with Gasteiger partial charge in [-0.15, -0.1) is 0 Å². The highest BCUT2D eigenvalue weighted by Gasteiger charge is 2.33. The fourth-order valence-electron chi connectivity index (χ4n) is 3.68. The molecular weight excluding hydrogens is 374 g/mol. The summed E-state index contributed by atoms with van der Waals surface area (Å²) in [4.78, 5) is 23.8. The molecule has 0 saturated carbocycles. The summed E-state index contributed by atoms with van der Waals surface area (Å²) >= 11 is 6.07. The lowest BCUT2D eigenvalue weighted by Crippen LogP contribution is -2.39. The van der Waals surface area contributed by atoms with Crippen molar-refractivity contribution in [2.24, 2.45) is 0 Å². The number of pyridine rings is 1. The number of benzene rings is 1. The van der Waals surface area contributed by atoms with Crippen LogP contribution in [0.15, 0.2) is 53.2 Å². The molecule has 5 nitrogen and oxygen atoms in total. The van der Waals surface area contributed by atoms with E-state index >= 15 is 0 Å². The van der Waals surface area contributed by atoms with Crippen LogP contribution in [0.5, 0.6) is 0 Å². The molecule has 1 unspecified atom stereocenters. The van der Waals surface area contributed by atoms with E-state index in [9.17, 15) is 4.79 Å². The Bertz CT molecular complexity index is 985. The quantitative estimate of drug-likeness (QED) is 0.624. The van der Waals surface area contributed by atoms with Crippen molar-refractivity contribution < 1.29 is 9.21 Å². The second kappa shape index (κ2) is 8.15. The van der Waals surface area contributed by atoms with Gasteiger partial charge in [0.2, 0.25) is 5.89 Å². The third kappa shape index (κ3) is 3.94. The summed E-state index contributed by atoms with van der Waals surface area (Å²) in [6.45, 7) is 2.60. The van der Waals surface area contributed by atoms with Crippen LogP contribution in [-0.4, -0.2) is 27.3 Å². The van der Waals surface area contributed by atoms with Crippen LogP contribution in [0.2, 0.25) is 5.02 Å². The number of aromatic nitrogens is 2. The highest BCUT2D eigenvalue weighted by atomic mass is 35.5. The molecular formula is C22H22ClN3O2. The van der Waals surface area contributed by atoms with E-state index in [2.05, 4.69) is 9.97 Å². The van der Waals surface area contributed by atoms with Crippen molar-refractivity contribution in [3.05, 3.63) is 82.3 Å². The van der Waals surface area contributed by atoms with Gasteiger partial charge in [-0.25, -0.2) is 4.98 Å². The summed E-state index contributed by atoms with van der Waals surface area (Å²) in [6, 6.07) is 11.3. The lowest BCUT2D eigenvalue weighted by molar-refractivity contribution is 0.0563. The van der Waals surface area contributed by atoms with E-state index in [1.54, 1.807) is 12.4 Å². The molecule has 0 radical (unpaired) electrons. The fourth-order valence-corrected chi connectivity index (χ4v) is 3.90. The molecule has 0 N–H and O–H groups in total. The summed E-state index contributed by atoms with van der Waals surface area (Å²) < 4.78 is 6.04. The number of aryl methyl sites for hydroxylation is 1. The number of hydrogen-bond donors (Lipinski definition) is 0. The first-order chi connectivity index (χ1) is 13.6. The van der Waals surface area contributed by atoms with Crippen LogP contribution in [0.25, 0.3) is 0 Å². The summed E-state index contributed by atoms with van der Waals surface area (Å²) in [5, 5.41) is 0.701. The van der Waals surface area contributed by atoms with Gasteiger partial charge in [0.15, 0.2) is 0 Å². The molecule has 1 saturated heterocycles. The Hall–Kier alpha value is -2.66.